The van der Waals surface area contributed by atoms with Gasteiger partial charge < -0.3 is 24.8 Å². The highest BCUT2D eigenvalue weighted by Gasteiger charge is 2.44. The topological polar surface area (TPSA) is 65.1 Å². The van der Waals surface area contributed by atoms with E-state index in [0.717, 1.165) is 26.1 Å². The highest BCUT2D eigenvalue weighted by atomic mass is 19.1. The number of urea groups is 1. The molecule has 0 bridgehead atoms. The van der Waals surface area contributed by atoms with Gasteiger partial charge >= 0.3 is 6.03 Å². The summed E-state index contributed by atoms with van der Waals surface area (Å²) in [4.78, 5) is 31.8. The second-order valence-corrected chi connectivity index (χ2v) is 9.58. The minimum Gasteiger partial charge on any atom is -0.383 e. The normalized spacial score (nSPS) is 24.0. The van der Waals surface area contributed by atoms with Crippen LogP contribution in [0.2, 0.25) is 0 Å². The zero-order chi connectivity index (χ0) is 22.7. The summed E-state index contributed by atoms with van der Waals surface area (Å²) in [6, 6.07) is 4.79. The van der Waals surface area contributed by atoms with Gasteiger partial charge in [0.1, 0.15) is 11.9 Å². The summed E-state index contributed by atoms with van der Waals surface area (Å²) in [6.07, 6.45) is 6.27. The van der Waals surface area contributed by atoms with E-state index < -0.39 is 11.9 Å². The number of methoxy groups -OCH3 is 1. The van der Waals surface area contributed by atoms with Crippen LogP contribution in [0, 0.1) is 11.2 Å². The highest BCUT2D eigenvalue weighted by molar-refractivity contribution is 5.94. The quantitative estimate of drug-likeness (QED) is 0.699. The molecule has 3 amide bonds. The predicted molar refractivity (Wildman–Crippen MR) is 121 cm³/mol. The van der Waals surface area contributed by atoms with Crippen molar-refractivity contribution in [2.75, 3.05) is 51.8 Å². The van der Waals surface area contributed by atoms with Crippen LogP contribution >= 0.6 is 0 Å². The van der Waals surface area contributed by atoms with Gasteiger partial charge in [-0.2, -0.15) is 0 Å². The van der Waals surface area contributed by atoms with Gasteiger partial charge in [-0.1, -0.05) is 6.07 Å². The molecule has 176 valence electrons. The fraction of sp³-hybridized carbons (Fsp3) is 0.667. The number of nitrogens with one attached hydrogen (secondary N) is 1. The minimum atomic E-state index is -0.582. The van der Waals surface area contributed by atoms with E-state index in [9.17, 15) is 14.0 Å². The smallest absolute Gasteiger partial charge is 0.322 e. The number of nitrogens with zero attached hydrogens (tertiary/aromatic N) is 3. The summed E-state index contributed by atoms with van der Waals surface area (Å²) in [5.41, 5.74) is 1.04. The zero-order valence-corrected chi connectivity index (χ0v) is 19.2. The number of anilines is 1. The first-order valence-corrected chi connectivity index (χ1v) is 11.8. The van der Waals surface area contributed by atoms with Crippen molar-refractivity contribution in [2.24, 2.45) is 5.41 Å². The highest BCUT2D eigenvalue weighted by Crippen LogP contribution is 2.53. The summed E-state index contributed by atoms with van der Waals surface area (Å²) in [5.74, 6) is -0.483. The van der Waals surface area contributed by atoms with Crippen LogP contribution in [-0.2, 0) is 9.53 Å². The third-order valence-corrected chi connectivity index (χ3v) is 7.48. The molecule has 3 fully saturated rings. The van der Waals surface area contributed by atoms with Gasteiger partial charge in [-0.15, -0.1) is 0 Å². The number of likely N-dealkylation sites (tertiary alicyclic amines) is 1. The second kappa shape index (κ2) is 9.75. The number of hydrogen-bond acceptors (Lipinski definition) is 4. The molecule has 0 aromatic heterocycles. The molecule has 1 saturated carbocycles. The molecule has 2 saturated heterocycles. The molecule has 0 radical (unpaired) electrons. The molecule has 1 aromatic carbocycles. The fourth-order valence-electron chi connectivity index (χ4n) is 5.07. The molecule has 2 atom stereocenters. The number of amides is 3. The molecule has 2 aliphatic heterocycles. The average Bonchev–Trinajstić information content (AvgIpc) is 3.53. The summed E-state index contributed by atoms with van der Waals surface area (Å²) < 4.78 is 18.9. The van der Waals surface area contributed by atoms with Crippen molar-refractivity contribution in [3.05, 3.63) is 30.1 Å². The third-order valence-electron chi connectivity index (χ3n) is 7.48. The van der Waals surface area contributed by atoms with Crippen LogP contribution in [0.15, 0.2) is 24.3 Å². The number of benzene rings is 1. The lowest BCUT2D eigenvalue weighted by Crippen LogP contribution is -2.61. The van der Waals surface area contributed by atoms with Gasteiger partial charge in [0.25, 0.3) is 0 Å². The summed E-state index contributed by atoms with van der Waals surface area (Å²) in [7, 11) is 1.67. The van der Waals surface area contributed by atoms with Gasteiger partial charge in [-0.05, 0) is 75.7 Å². The predicted octanol–water partition coefficient (Wildman–Crippen LogP) is 3.17. The van der Waals surface area contributed by atoms with Crippen molar-refractivity contribution in [1.29, 1.82) is 0 Å². The van der Waals surface area contributed by atoms with E-state index in [1.54, 1.807) is 26.2 Å². The SMILES string of the molecule is COC[C@H](CCN1CCC2(CC1)CC2)N1CCN(C(=O)Nc2cccc(F)c2)[C@@H](C)C1=O. The Kier molecular flexibility index (Phi) is 7.00. The van der Waals surface area contributed by atoms with Crippen LogP contribution in [-0.4, -0.2) is 85.2 Å². The Morgan fingerprint density at radius 2 is 1.97 bits per heavy atom. The Balaban J connectivity index is 1.31. The number of carbonyl (C=O) groups is 2. The van der Waals surface area contributed by atoms with Gasteiger partial charge in [0.2, 0.25) is 5.91 Å². The molecule has 8 heteroatoms. The summed E-state index contributed by atoms with van der Waals surface area (Å²) in [5, 5.41) is 2.70. The Morgan fingerprint density at radius 3 is 2.62 bits per heavy atom. The molecule has 7 nitrogen and oxygen atoms in total. The second-order valence-electron chi connectivity index (χ2n) is 9.58. The van der Waals surface area contributed by atoms with Crippen LogP contribution in [0.25, 0.3) is 0 Å². The fourth-order valence-corrected chi connectivity index (χ4v) is 5.07. The van der Waals surface area contributed by atoms with Crippen molar-refractivity contribution in [3.8, 4) is 0 Å². The van der Waals surface area contributed by atoms with E-state index in [2.05, 4.69) is 10.2 Å². The third kappa shape index (κ3) is 5.23. The summed E-state index contributed by atoms with van der Waals surface area (Å²) in [6.45, 7) is 6.41. The molecule has 3 aliphatic rings. The Bertz CT molecular complexity index is 821. The van der Waals surface area contributed by atoms with Gasteiger partial charge in [0, 0.05) is 32.4 Å². The van der Waals surface area contributed by atoms with E-state index in [-0.39, 0.29) is 18.0 Å². The van der Waals surface area contributed by atoms with E-state index in [0.29, 0.717) is 30.8 Å². The lowest BCUT2D eigenvalue weighted by atomic mass is 9.93. The maximum absolute atomic E-state index is 13.4. The number of ether oxygens (including phenoxy) is 1. The number of carbonyl (C=O) groups excluding carboxylic acids is 2. The van der Waals surface area contributed by atoms with Gasteiger partial charge in [0.15, 0.2) is 0 Å². The molecular weight excluding hydrogens is 411 g/mol. The Labute approximate surface area is 189 Å². The number of rotatable bonds is 7. The maximum Gasteiger partial charge on any atom is 0.322 e. The number of piperazine rings is 1. The maximum atomic E-state index is 13.4. The van der Waals surface area contributed by atoms with Crippen molar-refractivity contribution < 1.29 is 18.7 Å². The largest absolute Gasteiger partial charge is 0.383 e. The van der Waals surface area contributed by atoms with Crippen LogP contribution < -0.4 is 5.32 Å². The van der Waals surface area contributed by atoms with Gasteiger partial charge in [-0.25, -0.2) is 9.18 Å². The van der Waals surface area contributed by atoms with E-state index in [1.807, 2.05) is 4.90 Å². The first-order valence-electron chi connectivity index (χ1n) is 11.8. The van der Waals surface area contributed by atoms with E-state index >= 15 is 0 Å². The number of piperidine rings is 1. The van der Waals surface area contributed by atoms with Gasteiger partial charge in [-0.3, -0.25) is 4.79 Å². The van der Waals surface area contributed by atoms with Crippen molar-refractivity contribution >= 4 is 17.6 Å². The minimum absolute atomic E-state index is 0.000178. The first kappa shape index (κ1) is 23.0. The van der Waals surface area contributed by atoms with Crippen LogP contribution in [0.4, 0.5) is 14.9 Å². The molecular formula is C24H35FN4O3. The lowest BCUT2D eigenvalue weighted by Gasteiger charge is -2.43. The number of hydrogen-bond donors (Lipinski definition) is 1. The average molecular weight is 447 g/mol. The lowest BCUT2D eigenvalue weighted by molar-refractivity contribution is -0.143. The summed E-state index contributed by atoms with van der Waals surface area (Å²) >= 11 is 0. The van der Waals surface area contributed by atoms with E-state index in [1.165, 1.54) is 42.7 Å². The first-order chi connectivity index (χ1) is 15.4. The van der Waals surface area contributed by atoms with Crippen molar-refractivity contribution in [3.63, 3.8) is 0 Å². The molecule has 4 rings (SSSR count). The molecule has 1 aromatic rings. The van der Waals surface area contributed by atoms with Crippen LogP contribution in [0.1, 0.15) is 39.0 Å². The number of halogens is 1. The Morgan fingerprint density at radius 1 is 1.22 bits per heavy atom. The van der Waals surface area contributed by atoms with E-state index in [4.69, 9.17) is 4.74 Å². The Hall–Kier alpha value is -2.19. The van der Waals surface area contributed by atoms with Gasteiger partial charge in [0.05, 0.1) is 12.6 Å². The van der Waals surface area contributed by atoms with Crippen molar-refractivity contribution in [1.82, 2.24) is 14.7 Å². The van der Waals surface area contributed by atoms with Crippen molar-refractivity contribution in [2.45, 2.75) is 51.1 Å². The molecule has 1 N–H and O–H groups in total. The zero-order valence-electron chi connectivity index (χ0n) is 19.2. The molecule has 1 aliphatic carbocycles. The molecule has 0 unspecified atom stereocenters. The standard InChI is InChI=1S/C24H35FN4O3/c1-18-22(30)29(15-14-28(18)23(31)26-20-5-3-4-19(25)16-20)21(17-32-2)6-11-27-12-9-24(7-8-24)10-13-27/h3-5,16,18,21H,6-15,17H2,1-2H3,(H,26,31)/t18-,21-/m0/s1. The molecule has 2 heterocycles. The monoisotopic (exact) mass is 446 g/mol. The van der Waals surface area contributed by atoms with Crippen LogP contribution in [0.5, 0.6) is 0 Å². The van der Waals surface area contributed by atoms with Crippen LogP contribution in [0.3, 0.4) is 0 Å². The molecule has 1 spiro atoms. The molecule has 32 heavy (non-hydrogen) atoms.